The molecule has 2 amide bonds. The van der Waals surface area contributed by atoms with Crippen LogP contribution in [0.3, 0.4) is 0 Å². The van der Waals surface area contributed by atoms with Gasteiger partial charge in [-0.3, -0.25) is 14.6 Å². The highest BCUT2D eigenvalue weighted by molar-refractivity contribution is 5.95. The van der Waals surface area contributed by atoms with Gasteiger partial charge in [-0.1, -0.05) is 0 Å². The molecule has 2 rings (SSSR count). The van der Waals surface area contributed by atoms with Crippen LogP contribution in [0, 0.1) is 0 Å². The third-order valence-corrected chi connectivity index (χ3v) is 2.96. The average molecular weight is 263 g/mol. The fourth-order valence-corrected chi connectivity index (χ4v) is 1.83. The standard InChI is InChI=1S/C12H17N5O2/c1-3-14-10-7-13-6-9(15-10)12(19)17-5-4-16(2)11(18)8-17/h6-7H,3-5,8H2,1-2H3,(H,14,15). The Kier molecular flexibility index (Phi) is 3.94. The second-order valence-electron chi connectivity index (χ2n) is 4.36. The molecule has 102 valence electrons. The zero-order valence-corrected chi connectivity index (χ0v) is 11.1. The van der Waals surface area contributed by atoms with Gasteiger partial charge in [0.2, 0.25) is 5.91 Å². The minimum Gasteiger partial charge on any atom is -0.369 e. The number of hydrogen-bond acceptors (Lipinski definition) is 5. The molecule has 0 spiro atoms. The van der Waals surface area contributed by atoms with Crippen LogP contribution in [-0.2, 0) is 4.79 Å². The number of anilines is 1. The molecule has 1 aromatic rings. The molecule has 1 N–H and O–H groups in total. The third-order valence-electron chi connectivity index (χ3n) is 2.96. The largest absolute Gasteiger partial charge is 0.369 e. The Morgan fingerprint density at radius 1 is 1.42 bits per heavy atom. The molecule has 0 atom stereocenters. The number of carbonyl (C=O) groups excluding carboxylic acids is 2. The lowest BCUT2D eigenvalue weighted by atomic mass is 10.3. The van der Waals surface area contributed by atoms with Crippen LogP contribution in [0.15, 0.2) is 12.4 Å². The summed E-state index contributed by atoms with van der Waals surface area (Å²) in [5.74, 6) is 0.248. The summed E-state index contributed by atoms with van der Waals surface area (Å²) in [6, 6.07) is 0. The van der Waals surface area contributed by atoms with Gasteiger partial charge in [-0.2, -0.15) is 0 Å². The molecule has 1 fully saturated rings. The van der Waals surface area contributed by atoms with E-state index < -0.39 is 0 Å². The number of likely N-dealkylation sites (N-methyl/N-ethyl adjacent to an activating group) is 1. The summed E-state index contributed by atoms with van der Waals surface area (Å²) in [4.78, 5) is 35.1. The van der Waals surface area contributed by atoms with Gasteiger partial charge in [0, 0.05) is 26.7 Å². The molecular formula is C12H17N5O2. The highest BCUT2D eigenvalue weighted by atomic mass is 16.2. The molecule has 7 nitrogen and oxygen atoms in total. The lowest BCUT2D eigenvalue weighted by Crippen LogP contribution is -2.50. The summed E-state index contributed by atoms with van der Waals surface area (Å²) in [5.41, 5.74) is 0.260. The van der Waals surface area contributed by atoms with Crippen LogP contribution in [-0.4, -0.2) is 64.8 Å². The van der Waals surface area contributed by atoms with Crippen LogP contribution in [0.2, 0.25) is 0 Å². The number of hydrogen-bond donors (Lipinski definition) is 1. The van der Waals surface area contributed by atoms with Crippen molar-refractivity contribution >= 4 is 17.6 Å². The highest BCUT2D eigenvalue weighted by Crippen LogP contribution is 2.08. The first kappa shape index (κ1) is 13.3. The predicted molar refractivity (Wildman–Crippen MR) is 69.7 cm³/mol. The lowest BCUT2D eigenvalue weighted by molar-refractivity contribution is -0.133. The lowest BCUT2D eigenvalue weighted by Gasteiger charge is -2.31. The average Bonchev–Trinajstić information content (AvgIpc) is 2.42. The summed E-state index contributed by atoms with van der Waals surface area (Å²) in [6.07, 6.45) is 2.99. The first-order valence-electron chi connectivity index (χ1n) is 6.21. The van der Waals surface area contributed by atoms with E-state index in [1.807, 2.05) is 6.92 Å². The number of piperazine rings is 1. The Morgan fingerprint density at radius 2 is 2.21 bits per heavy atom. The van der Waals surface area contributed by atoms with Gasteiger partial charge in [-0.15, -0.1) is 0 Å². The third kappa shape index (κ3) is 2.98. The van der Waals surface area contributed by atoms with Crippen molar-refractivity contribution in [2.45, 2.75) is 6.92 Å². The van der Waals surface area contributed by atoms with E-state index in [2.05, 4.69) is 15.3 Å². The maximum atomic E-state index is 12.2. The molecule has 0 aliphatic carbocycles. The number of aromatic nitrogens is 2. The van der Waals surface area contributed by atoms with Crippen molar-refractivity contribution in [1.29, 1.82) is 0 Å². The van der Waals surface area contributed by atoms with Crippen LogP contribution < -0.4 is 5.32 Å². The van der Waals surface area contributed by atoms with Gasteiger partial charge in [0.05, 0.1) is 12.4 Å². The van der Waals surface area contributed by atoms with Crippen molar-refractivity contribution in [2.24, 2.45) is 0 Å². The van der Waals surface area contributed by atoms with Crippen LogP contribution in [0.1, 0.15) is 17.4 Å². The van der Waals surface area contributed by atoms with Gasteiger partial charge in [0.25, 0.3) is 5.91 Å². The first-order chi connectivity index (χ1) is 9.11. The Morgan fingerprint density at radius 3 is 2.89 bits per heavy atom. The van der Waals surface area contributed by atoms with Crippen molar-refractivity contribution < 1.29 is 9.59 Å². The number of nitrogens with one attached hydrogen (secondary N) is 1. The molecule has 7 heteroatoms. The monoisotopic (exact) mass is 263 g/mol. The van der Waals surface area contributed by atoms with Gasteiger partial charge in [0.1, 0.15) is 18.1 Å². The van der Waals surface area contributed by atoms with Crippen LogP contribution >= 0.6 is 0 Å². The molecule has 0 unspecified atom stereocenters. The van der Waals surface area contributed by atoms with Gasteiger partial charge in [-0.05, 0) is 6.92 Å². The summed E-state index contributed by atoms with van der Waals surface area (Å²) < 4.78 is 0. The first-order valence-corrected chi connectivity index (χ1v) is 6.21. The minimum absolute atomic E-state index is 0.0598. The molecule has 1 aromatic heterocycles. The SMILES string of the molecule is CCNc1cncc(C(=O)N2CCN(C)C(=O)C2)n1. The van der Waals surface area contributed by atoms with E-state index in [1.54, 1.807) is 18.1 Å². The molecule has 19 heavy (non-hydrogen) atoms. The van der Waals surface area contributed by atoms with E-state index in [9.17, 15) is 9.59 Å². The Balaban J connectivity index is 2.11. The quantitative estimate of drug-likeness (QED) is 0.818. The van der Waals surface area contributed by atoms with Crippen LogP contribution in [0.25, 0.3) is 0 Å². The number of rotatable bonds is 3. The van der Waals surface area contributed by atoms with Gasteiger partial charge >= 0.3 is 0 Å². The number of carbonyl (C=O) groups is 2. The molecule has 1 aliphatic heterocycles. The molecule has 1 aliphatic rings. The zero-order valence-electron chi connectivity index (χ0n) is 11.1. The number of nitrogens with zero attached hydrogens (tertiary/aromatic N) is 4. The Bertz CT molecular complexity index is 491. The molecule has 2 heterocycles. The summed E-state index contributed by atoms with van der Waals surface area (Å²) >= 11 is 0. The normalized spacial score (nSPS) is 15.6. The van der Waals surface area contributed by atoms with Crippen molar-refractivity contribution in [2.75, 3.05) is 38.5 Å². The molecule has 0 aromatic carbocycles. The summed E-state index contributed by atoms with van der Waals surface area (Å²) in [7, 11) is 1.73. The Hall–Kier alpha value is -2.18. The molecule has 0 radical (unpaired) electrons. The van der Waals surface area contributed by atoms with Gasteiger partial charge in [-0.25, -0.2) is 4.98 Å². The van der Waals surface area contributed by atoms with E-state index in [-0.39, 0.29) is 24.1 Å². The summed E-state index contributed by atoms with van der Waals surface area (Å²) in [5, 5.41) is 3.00. The van der Waals surface area contributed by atoms with E-state index in [0.717, 1.165) is 0 Å². The fraction of sp³-hybridized carbons (Fsp3) is 0.500. The number of amides is 2. The minimum atomic E-state index is -0.256. The van der Waals surface area contributed by atoms with Gasteiger partial charge in [0.15, 0.2) is 0 Å². The zero-order chi connectivity index (χ0) is 13.8. The predicted octanol–water partition coefficient (Wildman–Crippen LogP) is -0.177. The van der Waals surface area contributed by atoms with E-state index >= 15 is 0 Å². The Labute approximate surface area is 111 Å². The van der Waals surface area contributed by atoms with Crippen molar-refractivity contribution in [3.63, 3.8) is 0 Å². The van der Waals surface area contributed by atoms with Gasteiger partial charge < -0.3 is 15.1 Å². The van der Waals surface area contributed by atoms with Crippen LogP contribution in [0.5, 0.6) is 0 Å². The second kappa shape index (κ2) is 5.64. The molecule has 0 bridgehead atoms. The van der Waals surface area contributed by atoms with E-state index in [0.29, 0.717) is 25.5 Å². The second-order valence-corrected chi connectivity index (χ2v) is 4.36. The van der Waals surface area contributed by atoms with Crippen molar-refractivity contribution in [3.8, 4) is 0 Å². The highest BCUT2D eigenvalue weighted by Gasteiger charge is 2.26. The fourth-order valence-electron chi connectivity index (χ4n) is 1.83. The van der Waals surface area contributed by atoms with Crippen molar-refractivity contribution in [1.82, 2.24) is 19.8 Å². The molecular weight excluding hydrogens is 246 g/mol. The van der Waals surface area contributed by atoms with Crippen molar-refractivity contribution in [3.05, 3.63) is 18.1 Å². The maximum absolute atomic E-state index is 12.2. The summed E-state index contributed by atoms with van der Waals surface area (Å²) in [6.45, 7) is 3.82. The maximum Gasteiger partial charge on any atom is 0.274 e. The van der Waals surface area contributed by atoms with E-state index in [4.69, 9.17) is 0 Å². The van der Waals surface area contributed by atoms with E-state index in [1.165, 1.54) is 11.1 Å². The molecule has 0 saturated carbocycles. The topological polar surface area (TPSA) is 78.4 Å². The molecule has 1 saturated heterocycles. The van der Waals surface area contributed by atoms with Crippen LogP contribution in [0.4, 0.5) is 5.82 Å². The smallest absolute Gasteiger partial charge is 0.274 e.